The molecule has 0 saturated heterocycles. The molecule has 0 fully saturated rings. The van der Waals surface area contributed by atoms with Crippen molar-refractivity contribution in [1.29, 1.82) is 0 Å². The molecule has 1 aromatic rings. The van der Waals surface area contributed by atoms with Gasteiger partial charge in [-0.1, -0.05) is 0 Å². The van der Waals surface area contributed by atoms with Gasteiger partial charge in [-0.05, 0) is 47.6 Å². The van der Waals surface area contributed by atoms with Crippen molar-refractivity contribution in [2.24, 2.45) is 0 Å². The van der Waals surface area contributed by atoms with E-state index in [2.05, 4.69) is 15.6 Å². The van der Waals surface area contributed by atoms with Crippen LogP contribution < -0.4 is 15.4 Å². The van der Waals surface area contributed by atoms with Crippen LogP contribution in [-0.4, -0.2) is 54.5 Å². The highest BCUT2D eigenvalue weighted by molar-refractivity contribution is 5.93. The number of aromatic nitrogens is 1. The molecule has 152 valence electrons. The van der Waals surface area contributed by atoms with Crippen LogP contribution in [0.4, 0.5) is 4.79 Å². The van der Waals surface area contributed by atoms with Crippen molar-refractivity contribution in [1.82, 2.24) is 15.6 Å². The molecule has 0 radical (unpaired) electrons. The second kappa shape index (κ2) is 10.1. The summed E-state index contributed by atoms with van der Waals surface area (Å²) in [4.78, 5) is 27.6. The molecule has 0 aliphatic heterocycles. The molecule has 2 N–H and O–H groups in total. The third-order valence-electron chi connectivity index (χ3n) is 2.95. The number of pyridine rings is 1. The van der Waals surface area contributed by atoms with E-state index < -0.39 is 11.7 Å². The summed E-state index contributed by atoms with van der Waals surface area (Å²) in [6.07, 6.45) is 0.923. The molecular weight excluding hydrogens is 350 g/mol. The molecule has 0 bridgehead atoms. The lowest BCUT2D eigenvalue weighted by Gasteiger charge is -2.19. The van der Waals surface area contributed by atoms with Gasteiger partial charge in [0, 0.05) is 25.4 Å². The maximum absolute atomic E-state index is 12.0. The van der Waals surface area contributed by atoms with Crippen LogP contribution in [-0.2, 0) is 9.47 Å². The molecule has 0 unspecified atom stereocenters. The van der Waals surface area contributed by atoms with Gasteiger partial charge < -0.3 is 24.8 Å². The lowest BCUT2D eigenvalue weighted by Crippen LogP contribution is -2.37. The lowest BCUT2D eigenvalue weighted by molar-refractivity contribution is -0.0168. The predicted molar refractivity (Wildman–Crippen MR) is 102 cm³/mol. The van der Waals surface area contributed by atoms with Gasteiger partial charge in [-0.15, -0.1) is 0 Å². The maximum atomic E-state index is 12.0. The fraction of sp³-hybridized carbons (Fsp3) is 0.632. The van der Waals surface area contributed by atoms with E-state index in [1.165, 1.54) is 6.20 Å². The number of carbonyl (C=O) groups excluding carboxylic acids is 2. The van der Waals surface area contributed by atoms with Crippen LogP contribution in [0.25, 0.3) is 0 Å². The van der Waals surface area contributed by atoms with E-state index in [0.717, 1.165) is 0 Å². The number of carbonyl (C=O) groups is 2. The maximum Gasteiger partial charge on any atom is 0.407 e. The van der Waals surface area contributed by atoms with Crippen molar-refractivity contribution in [3.63, 3.8) is 0 Å². The topological polar surface area (TPSA) is 98.8 Å². The van der Waals surface area contributed by atoms with E-state index in [1.807, 2.05) is 20.8 Å². The summed E-state index contributed by atoms with van der Waals surface area (Å²) in [5, 5.41) is 5.27. The molecule has 0 aliphatic rings. The average Bonchev–Trinajstić information content (AvgIpc) is 2.53. The smallest absolute Gasteiger partial charge is 0.407 e. The summed E-state index contributed by atoms with van der Waals surface area (Å²) in [6.45, 7) is 12.7. The number of rotatable bonds is 8. The molecule has 2 amide bonds. The van der Waals surface area contributed by atoms with Gasteiger partial charge in [-0.25, -0.2) is 9.78 Å². The quantitative estimate of drug-likeness (QED) is 0.672. The minimum absolute atomic E-state index is 0.211. The molecule has 1 aromatic heterocycles. The molecule has 8 nitrogen and oxygen atoms in total. The summed E-state index contributed by atoms with van der Waals surface area (Å²) in [5.41, 5.74) is -0.357. The molecule has 1 rings (SSSR count). The van der Waals surface area contributed by atoms with Crippen LogP contribution in [0.5, 0.6) is 5.88 Å². The van der Waals surface area contributed by atoms with E-state index in [-0.39, 0.29) is 24.6 Å². The second-order valence-corrected chi connectivity index (χ2v) is 7.88. The van der Waals surface area contributed by atoms with E-state index >= 15 is 0 Å². The van der Waals surface area contributed by atoms with Gasteiger partial charge in [0.2, 0.25) is 5.88 Å². The minimum Gasteiger partial charge on any atom is -0.475 e. The zero-order valence-corrected chi connectivity index (χ0v) is 17.0. The minimum atomic E-state index is -0.554. The van der Waals surface area contributed by atoms with Gasteiger partial charge in [-0.2, -0.15) is 0 Å². The van der Waals surface area contributed by atoms with Crippen molar-refractivity contribution in [3.05, 3.63) is 23.9 Å². The monoisotopic (exact) mass is 381 g/mol. The second-order valence-electron chi connectivity index (χ2n) is 7.88. The van der Waals surface area contributed by atoms with Crippen LogP contribution in [0.3, 0.4) is 0 Å². The Morgan fingerprint density at radius 2 is 1.63 bits per heavy atom. The van der Waals surface area contributed by atoms with Crippen LogP contribution >= 0.6 is 0 Å². The number of ether oxygens (including phenoxy) is 3. The molecule has 1 heterocycles. The first-order chi connectivity index (χ1) is 12.5. The highest BCUT2D eigenvalue weighted by atomic mass is 16.6. The normalized spacial score (nSPS) is 11.6. The summed E-state index contributed by atoms with van der Waals surface area (Å²) >= 11 is 0. The molecular formula is C19H31N3O5. The van der Waals surface area contributed by atoms with Crippen LogP contribution in [0.15, 0.2) is 18.3 Å². The predicted octanol–water partition coefficient (Wildman–Crippen LogP) is 2.53. The number of alkyl carbamates (subject to hydrolysis) is 1. The highest BCUT2D eigenvalue weighted by Crippen LogP contribution is 2.09. The molecule has 0 spiro atoms. The molecule has 0 atom stereocenters. The molecule has 8 heteroatoms. The molecule has 0 aromatic carbocycles. The number of nitrogens with zero attached hydrogens (tertiary/aromatic N) is 1. The van der Waals surface area contributed by atoms with E-state index in [0.29, 0.717) is 24.7 Å². The average molecular weight is 381 g/mol. The highest BCUT2D eigenvalue weighted by Gasteiger charge is 2.15. The summed E-state index contributed by atoms with van der Waals surface area (Å²) < 4.78 is 16.1. The first-order valence-electron chi connectivity index (χ1n) is 8.94. The zero-order chi connectivity index (χ0) is 20.5. The Bertz CT molecular complexity index is 603. The Morgan fingerprint density at radius 1 is 0.963 bits per heavy atom. The fourth-order valence-electron chi connectivity index (χ4n) is 1.85. The third kappa shape index (κ3) is 11.1. The van der Waals surface area contributed by atoms with Gasteiger partial charge >= 0.3 is 6.09 Å². The lowest BCUT2D eigenvalue weighted by atomic mass is 10.2. The standard InChI is InChI=1S/C19H31N3O5/c1-18(2,3)26-12-11-25-15-8-7-14(13-22-15)16(23)20-9-10-21-17(24)27-19(4,5)6/h7-8,13H,9-12H2,1-6H3,(H,20,23)(H,21,24). The summed E-state index contributed by atoms with van der Waals surface area (Å²) in [6, 6.07) is 3.26. The Labute approximate surface area is 161 Å². The largest absolute Gasteiger partial charge is 0.475 e. The first kappa shape index (κ1) is 22.7. The summed E-state index contributed by atoms with van der Waals surface area (Å²) in [7, 11) is 0. The van der Waals surface area contributed by atoms with E-state index in [4.69, 9.17) is 14.2 Å². The number of nitrogens with one attached hydrogen (secondary N) is 2. The first-order valence-corrected chi connectivity index (χ1v) is 8.94. The number of hydrogen-bond acceptors (Lipinski definition) is 6. The Kier molecular flexibility index (Phi) is 8.49. The van der Waals surface area contributed by atoms with Crippen molar-refractivity contribution in [2.45, 2.75) is 52.7 Å². The number of hydrogen-bond donors (Lipinski definition) is 2. The third-order valence-corrected chi connectivity index (χ3v) is 2.95. The van der Waals surface area contributed by atoms with Gasteiger partial charge in [0.1, 0.15) is 12.2 Å². The van der Waals surface area contributed by atoms with Crippen LogP contribution in [0.2, 0.25) is 0 Å². The van der Waals surface area contributed by atoms with Crippen LogP contribution in [0, 0.1) is 0 Å². The zero-order valence-electron chi connectivity index (χ0n) is 17.0. The SMILES string of the molecule is CC(C)(C)OCCOc1ccc(C(=O)NCCNC(=O)OC(C)(C)C)cn1. The van der Waals surface area contributed by atoms with E-state index in [1.54, 1.807) is 32.9 Å². The van der Waals surface area contributed by atoms with Crippen molar-refractivity contribution in [3.8, 4) is 5.88 Å². The molecule has 0 aliphatic carbocycles. The van der Waals surface area contributed by atoms with E-state index in [9.17, 15) is 9.59 Å². The Balaban J connectivity index is 2.28. The van der Waals surface area contributed by atoms with Crippen LogP contribution in [0.1, 0.15) is 51.9 Å². The fourth-order valence-corrected chi connectivity index (χ4v) is 1.85. The van der Waals surface area contributed by atoms with Crippen molar-refractivity contribution >= 4 is 12.0 Å². The number of amides is 2. The van der Waals surface area contributed by atoms with Crippen molar-refractivity contribution < 1.29 is 23.8 Å². The van der Waals surface area contributed by atoms with Gasteiger partial charge in [0.15, 0.2) is 0 Å². The van der Waals surface area contributed by atoms with Gasteiger partial charge in [0.05, 0.1) is 17.8 Å². The summed E-state index contributed by atoms with van der Waals surface area (Å²) in [5.74, 6) is 0.145. The van der Waals surface area contributed by atoms with Crippen molar-refractivity contribution in [2.75, 3.05) is 26.3 Å². The Morgan fingerprint density at radius 3 is 2.19 bits per heavy atom. The van der Waals surface area contributed by atoms with Gasteiger partial charge in [-0.3, -0.25) is 4.79 Å². The molecule has 0 saturated carbocycles. The van der Waals surface area contributed by atoms with Gasteiger partial charge in [0.25, 0.3) is 5.91 Å². The molecule has 27 heavy (non-hydrogen) atoms. The Hall–Kier alpha value is -2.35.